The van der Waals surface area contributed by atoms with E-state index in [2.05, 4.69) is 4.90 Å². The molecule has 2 aliphatic rings. The number of rotatable bonds is 2. The van der Waals surface area contributed by atoms with Gasteiger partial charge in [-0.05, 0) is 42.2 Å². The van der Waals surface area contributed by atoms with Crippen molar-refractivity contribution in [2.75, 3.05) is 13.7 Å². The fourth-order valence-electron chi connectivity index (χ4n) is 3.09. The maximum atomic E-state index is 11.5. The first-order valence-corrected chi connectivity index (χ1v) is 6.99. The van der Waals surface area contributed by atoms with Gasteiger partial charge in [-0.1, -0.05) is 6.08 Å². The lowest BCUT2D eigenvalue weighted by molar-refractivity contribution is -0.116. The van der Waals surface area contributed by atoms with Crippen LogP contribution >= 0.6 is 0 Å². The van der Waals surface area contributed by atoms with Gasteiger partial charge in [-0.25, -0.2) is 0 Å². The molecule has 1 N–H and O–H groups in total. The zero-order valence-corrected chi connectivity index (χ0v) is 11.6. The van der Waals surface area contributed by atoms with Gasteiger partial charge in [-0.3, -0.25) is 9.69 Å². The predicted molar refractivity (Wildman–Crippen MR) is 75.9 cm³/mol. The van der Waals surface area contributed by atoms with Gasteiger partial charge in [0, 0.05) is 25.6 Å². The van der Waals surface area contributed by atoms with Crippen molar-refractivity contribution in [1.29, 1.82) is 0 Å². The molecule has 106 valence electrons. The number of hydrogen-bond donors (Lipinski definition) is 1. The van der Waals surface area contributed by atoms with Crippen LogP contribution in [0.4, 0.5) is 0 Å². The summed E-state index contributed by atoms with van der Waals surface area (Å²) in [7, 11) is 1.57. The number of methoxy groups -OCH3 is 1. The highest BCUT2D eigenvalue weighted by atomic mass is 16.5. The summed E-state index contributed by atoms with van der Waals surface area (Å²) in [5.41, 5.74) is 2.37. The number of benzene rings is 1. The van der Waals surface area contributed by atoms with Crippen LogP contribution in [0.5, 0.6) is 11.5 Å². The Morgan fingerprint density at radius 1 is 1.35 bits per heavy atom. The van der Waals surface area contributed by atoms with Crippen LogP contribution in [-0.2, 0) is 17.8 Å². The van der Waals surface area contributed by atoms with E-state index in [9.17, 15) is 9.90 Å². The Labute approximate surface area is 118 Å². The normalized spacial score (nSPS) is 22.6. The monoisotopic (exact) mass is 273 g/mol. The zero-order valence-electron chi connectivity index (χ0n) is 11.6. The number of phenolic OH excluding ortho intramolecular Hbond substituents is 1. The van der Waals surface area contributed by atoms with Gasteiger partial charge in [-0.15, -0.1) is 0 Å². The van der Waals surface area contributed by atoms with E-state index < -0.39 is 0 Å². The fourth-order valence-corrected chi connectivity index (χ4v) is 3.09. The number of allylic oxidation sites excluding steroid dienone is 1. The van der Waals surface area contributed by atoms with Crippen molar-refractivity contribution in [3.63, 3.8) is 0 Å². The van der Waals surface area contributed by atoms with Crippen molar-refractivity contribution < 1.29 is 14.6 Å². The van der Waals surface area contributed by atoms with Crippen molar-refractivity contribution in [3.05, 3.63) is 35.4 Å². The summed E-state index contributed by atoms with van der Waals surface area (Å²) in [4.78, 5) is 13.9. The number of fused-ring (bicyclic) bond motifs is 1. The van der Waals surface area contributed by atoms with E-state index in [1.165, 1.54) is 5.56 Å². The minimum absolute atomic E-state index is 0.188. The van der Waals surface area contributed by atoms with Gasteiger partial charge in [0.2, 0.25) is 0 Å². The third kappa shape index (κ3) is 2.43. The highest BCUT2D eigenvalue weighted by Crippen LogP contribution is 2.33. The number of phenols is 1. The average Bonchev–Trinajstić information content (AvgIpc) is 2.46. The SMILES string of the molecule is COc1cc2c(cc1O)CN(C1CC=CC(=O)C1)CC2. The second-order valence-corrected chi connectivity index (χ2v) is 5.48. The number of ketones is 1. The topological polar surface area (TPSA) is 49.8 Å². The minimum Gasteiger partial charge on any atom is -0.504 e. The van der Waals surface area contributed by atoms with Crippen molar-refractivity contribution in [1.82, 2.24) is 4.90 Å². The van der Waals surface area contributed by atoms with Gasteiger partial charge in [0.15, 0.2) is 17.3 Å². The molecule has 1 unspecified atom stereocenters. The summed E-state index contributed by atoms with van der Waals surface area (Å²) in [6.07, 6.45) is 6.13. The Hall–Kier alpha value is -1.81. The molecular formula is C16H19NO3. The van der Waals surface area contributed by atoms with Gasteiger partial charge in [0.05, 0.1) is 7.11 Å². The molecule has 1 aliphatic carbocycles. The van der Waals surface area contributed by atoms with Crippen LogP contribution < -0.4 is 4.74 Å². The first kappa shape index (κ1) is 13.2. The molecule has 0 saturated carbocycles. The Morgan fingerprint density at radius 2 is 2.20 bits per heavy atom. The number of aromatic hydroxyl groups is 1. The molecule has 1 atom stereocenters. The number of carbonyl (C=O) groups is 1. The molecule has 1 aliphatic heterocycles. The number of nitrogens with zero attached hydrogens (tertiary/aromatic N) is 1. The number of carbonyl (C=O) groups excluding carboxylic acids is 1. The third-order valence-corrected chi connectivity index (χ3v) is 4.21. The number of ether oxygens (including phenoxy) is 1. The molecule has 3 rings (SSSR count). The first-order valence-electron chi connectivity index (χ1n) is 6.99. The molecule has 20 heavy (non-hydrogen) atoms. The molecule has 0 saturated heterocycles. The number of hydrogen-bond acceptors (Lipinski definition) is 4. The van der Waals surface area contributed by atoms with Crippen LogP contribution in [0, 0.1) is 0 Å². The van der Waals surface area contributed by atoms with E-state index in [4.69, 9.17) is 4.74 Å². The quantitative estimate of drug-likeness (QED) is 0.896. The maximum Gasteiger partial charge on any atom is 0.160 e. The largest absolute Gasteiger partial charge is 0.504 e. The maximum absolute atomic E-state index is 11.5. The van der Waals surface area contributed by atoms with Crippen LogP contribution in [0.25, 0.3) is 0 Å². The lowest BCUT2D eigenvalue weighted by atomic mass is 9.93. The van der Waals surface area contributed by atoms with Crippen molar-refractivity contribution >= 4 is 5.78 Å². The molecule has 0 amide bonds. The van der Waals surface area contributed by atoms with Gasteiger partial charge in [0.25, 0.3) is 0 Å². The van der Waals surface area contributed by atoms with E-state index in [-0.39, 0.29) is 11.5 Å². The molecule has 1 aromatic rings. The van der Waals surface area contributed by atoms with Crippen molar-refractivity contribution in [2.45, 2.75) is 31.8 Å². The lowest BCUT2D eigenvalue weighted by Gasteiger charge is -2.36. The van der Waals surface area contributed by atoms with Crippen LogP contribution in [-0.4, -0.2) is 35.5 Å². The summed E-state index contributed by atoms with van der Waals surface area (Å²) < 4.78 is 5.15. The fraction of sp³-hybridized carbons (Fsp3) is 0.438. The van der Waals surface area contributed by atoms with Gasteiger partial charge < -0.3 is 9.84 Å². The van der Waals surface area contributed by atoms with Crippen LogP contribution in [0.2, 0.25) is 0 Å². The summed E-state index contributed by atoms with van der Waals surface area (Å²) in [5, 5.41) is 9.90. The minimum atomic E-state index is 0.188. The van der Waals surface area contributed by atoms with Crippen LogP contribution in [0.15, 0.2) is 24.3 Å². The summed E-state index contributed by atoms with van der Waals surface area (Å²) in [5.74, 6) is 0.935. The Balaban J connectivity index is 1.80. The highest BCUT2D eigenvalue weighted by molar-refractivity contribution is 5.90. The van der Waals surface area contributed by atoms with E-state index in [1.807, 2.05) is 12.1 Å². The molecule has 1 heterocycles. The predicted octanol–water partition coefficient (Wildman–Crippen LogP) is 2.05. The second-order valence-electron chi connectivity index (χ2n) is 5.48. The van der Waals surface area contributed by atoms with Crippen molar-refractivity contribution in [2.24, 2.45) is 0 Å². The van der Waals surface area contributed by atoms with E-state index in [0.717, 1.165) is 31.5 Å². The molecule has 0 spiro atoms. The molecule has 4 nitrogen and oxygen atoms in total. The average molecular weight is 273 g/mol. The molecule has 0 aromatic heterocycles. The smallest absolute Gasteiger partial charge is 0.160 e. The third-order valence-electron chi connectivity index (χ3n) is 4.21. The molecule has 4 heteroatoms. The van der Waals surface area contributed by atoms with Crippen molar-refractivity contribution in [3.8, 4) is 11.5 Å². The Bertz CT molecular complexity index is 565. The van der Waals surface area contributed by atoms with Gasteiger partial charge in [-0.2, -0.15) is 0 Å². The second kappa shape index (κ2) is 5.29. The van der Waals surface area contributed by atoms with Crippen LogP contribution in [0.1, 0.15) is 24.0 Å². The van der Waals surface area contributed by atoms with Crippen LogP contribution in [0.3, 0.4) is 0 Å². The standard InChI is InChI=1S/C16H19NO3/c1-20-16-8-11-5-6-17(10-12(11)7-15(16)19)13-3-2-4-14(18)9-13/h2,4,7-8,13,19H,3,5-6,9-10H2,1H3. The first-order chi connectivity index (χ1) is 9.67. The molecule has 0 fully saturated rings. The Kier molecular flexibility index (Phi) is 3.49. The summed E-state index contributed by atoms with van der Waals surface area (Å²) in [6, 6.07) is 4.01. The van der Waals surface area contributed by atoms with Gasteiger partial charge in [0.1, 0.15) is 0 Å². The molecule has 1 aromatic carbocycles. The van der Waals surface area contributed by atoms with E-state index >= 15 is 0 Å². The van der Waals surface area contributed by atoms with Gasteiger partial charge >= 0.3 is 0 Å². The Morgan fingerprint density at radius 3 is 2.95 bits per heavy atom. The zero-order chi connectivity index (χ0) is 14.1. The summed E-state index contributed by atoms with van der Waals surface area (Å²) in [6.45, 7) is 1.74. The highest BCUT2D eigenvalue weighted by Gasteiger charge is 2.26. The summed E-state index contributed by atoms with van der Waals surface area (Å²) >= 11 is 0. The molecular weight excluding hydrogens is 254 g/mol. The molecule has 0 bridgehead atoms. The van der Waals surface area contributed by atoms with E-state index in [1.54, 1.807) is 19.3 Å². The lowest BCUT2D eigenvalue weighted by Crippen LogP contribution is -2.41. The molecule has 0 radical (unpaired) electrons. The van der Waals surface area contributed by atoms with E-state index in [0.29, 0.717) is 18.2 Å².